The monoisotopic (exact) mass is 266 g/mol. The molecule has 110 valence electrons. The van der Waals surface area contributed by atoms with E-state index in [4.69, 9.17) is 5.73 Å². The minimum absolute atomic E-state index is 0.242. The van der Waals surface area contributed by atoms with Crippen LogP contribution < -0.4 is 5.73 Å². The Morgan fingerprint density at radius 2 is 2.05 bits per heavy atom. The average molecular weight is 266 g/mol. The molecule has 2 heterocycles. The molecule has 2 aliphatic heterocycles. The van der Waals surface area contributed by atoms with Crippen molar-refractivity contribution in [3.63, 3.8) is 0 Å². The maximum absolute atomic E-state index is 6.18. The molecule has 19 heavy (non-hydrogen) atoms. The van der Waals surface area contributed by atoms with Crippen LogP contribution in [0.4, 0.5) is 0 Å². The zero-order valence-corrected chi connectivity index (χ0v) is 12.6. The van der Waals surface area contributed by atoms with Crippen molar-refractivity contribution >= 4 is 0 Å². The van der Waals surface area contributed by atoms with Crippen LogP contribution in [0.25, 0.3) is 0 Å². The number of nitrogens with two attached hydrogens (primary N) is 1. The molecule has 3 rings (SSSR count). The molecule has 0 spiro atoms. The van der Waals surface area contributed by atoms with Gasteiger partial charge in [0.2, 0.25) is 0 Å². The first-order valence-corrected chi connectivity index (χ1v) is 8.00. The number of hydrogen-bond donors (Lipinski definition) is 1. The summed E-state index contributed by atoms with van der Waals surface area (Å²) in [6, 6.07) is 1.62. The Kier molecular flexibility index (Phi) is 3.87. The molecule has 0 aromatic rings. The zero-order chi connectivity index (χ0) is 13.5. The van der Waals surface area contributed by atoms with Crippen molar-refractivity contribution in [2.24, 2.45) is 5.73 Å². The highest BCUT2D eigenvalue weighted by atomic mass is 15.3. The van der Waals surface area contributed by atoms with E-state index in [0.29, 0.717) is 0 Å². The van der Waals surface area contributed by atoms with E-state index in [1.54, 1.807) is 0 Å². The molecule has 2 atom stereocenters. The highest BCUT2D eigenvalue weighted by molar-refractivity contribution is 5.03. The van der Waals surface area contributed by atoms with Gasteiger partial charge < -0.3 is 10.6 Å². The van der Waals surface area contributed by atoms with Crippen LogP contribution >= 0.6 is 0 Å². The van der Waals surface area contributed by atoms with E-state index in [-0.39, 0.29) is 5.54 Å². The van der Waals surface area contributed by atoms with Crippen molar-refractivity contribution in [1.29, 1.82) is 0 Å². The van der Waals surface area contributed by atoms with Crippen molar-refractivity contribution in [2.45, 2.75) is 49.7 Å². The molecule has 0 bridgehead atoms. The summed E-state index contributed by atoms with van der Waals surface area (Å²) in [5, 5.41) is 0. The van der Waals surface area contributed by atoms with Gasteiger partial charge in [-0.1, -0.05) is 0 Å². The Labute approximate surface area is 117 Å². The van der Waals surface area contributed by atoms with Gasteiger partial charge in [-0.15, -0.1) is 0 Å². The fourth-order valence-electron chi connectivity index (χ4n) is 3.99. The summed E-state index contributed by atoms with van der Waals surface area (Å²) in [4.78, 5) is 7.79. The lowest BCUT2D eigenvalue weighted by Gasteiger charge is -2.40. The van der Waals surface area contributed by atoms with Gasteiger partial charge >= 0.3 is 0 Å². The Balaban J connectivity index is 1.61. The number of likely N-dealkylation sites (N-methyl/N-ethyl adjacent to an activating group) is 2. The highest BCUT2D eigenvalue weighted by Gasteiger charge is 2.45. The van der Waals surface area contributed by atoms with Crippen LogP contribution in [0.5, 0.6) is 0 Å². The molecule has 2 N–H and O–H groups in total. The molecule has 0 amide bonds. The Morgan fingerprint density at radius 1 is 1.26 bits per heavy atom. The maximum Gasteiger partial charge on any atom is 0.0468 e. The Morgan fingerprint density at radius 3 is 2.63 bits per heavy atom. The number of likely N-dealkylation sites (tertiary alicyclic amines) is 2. The van der Waals surface area contributed by atoms with E-state index < -0.39 is 0 Å². The van der Waals surface area contributed by atoms with Gasteiger partial charge in [0, 0.05) is 43.8 Å². The first kappa shape index (κ1) is 13.8. The standard InChI is InChI=1S/C15H30N4/c1-17-8-3-4-14(17)10-18(2)15(11-16)7-9-19(12-15)13-5-6-13/h13-14H,3-12,16H2,1-2H3. The van der Waals surface area contributed by atoms with E-state index in [1.165, 1.54) is 58.3 Å². The first-order chi connectivity index (χ1) is 9.14. The SMILES string of the molecule is CN1CCCC1CN(C)C1(CN)CCN(C2CC2)C1. The lowest BCUT2D eigenvalue weighted by Crippen LogP contribution is -2.56. The quantitative estimate of drug-likeness (QED) is 0.789. The van der Waals surface area contributed by atoms with Crippen molar-refractivity contribution in [1.82, 2.24) is 14.7 Å². The summed E-state index contributed by atoms with van der Waals surface area (Å²) < 4.78 is 0. The summed E-state index contributed by atoms with van der Waals surface area (Å²) >= 11 is 0. The van der Waals surface area contributed by atoms with Crippen LogP contribution in [0, 0.1) is 0 Å². The van der Waals surface area contributed by atoms with Gasteiger partial charge in [0.25, 0.3) is 0 Å². The lowest BCUT2D eigenvalue weighted by atomic mass is 9.96. The molecule has 0 aromatic carbocycles. The highest BCUT2D eigenvalue weighted by Crippen LogP contribution is 2.35. The maximum atomic E-state index is 6.18. The van der Waals surface area contributed by atoms with Crippen molar-refractivity contribution < 1.29 is 0 Å². The smallest absolute Gasteiger partial charge is 0.0468 e. The molecule has 1 saturated carbocycles. The third-order valence-electron chi connectivity index (χ3n) is 5.77. The minimum Gasteiger partial charge on any atom is -0.329 e. The second-order valence-corrected chi connectivity index (χ2v) is 7.04. The fraction of sp³-hybridized carbons (Fsp3) is 1.00. The summed E-state index contributed by atoms with van der Waals surface area (Å²) in [5.74, 6) is 0. The number of rotatable bonds is 5. The molecule has 4 heteroatoms. The van der Waals surface area contributed by atoms with Crippen LogP contribution in [0.2, 0.25) is 0 Å². The summed E-state index contributed by atoms with van der Waals surface area (Å²) in [5.41, 5.74) is 6.42. The minimum atomic E-state index is 0.242. The van der Waals surface area contributed by atoms with Crippen molar-refractivity contribution in [3.8, 4) is 0 Å². The second kappa shape index (κ2) is 5.32. The van der Waals surface area contributed by atoms with Crippen LogP contribution in [0.1, 0.15) is 32.1 Å². The number of hydrogen-bond acceptors (Lipinski definition) is 4. The summed E-state index contributed by atoms with van der Waals surface area (Å²) in [7, 11) is 4.57. The summed E-state index contributed by atoms with van der Waals surface area (Å²) in [6.45, 7) is 5.71. The third-order valence-corrected chi connectivity index (χ3v) is 5.77. The summed E-state index contributed by atoms with van der Waals surface area (Å²) in [6.07, 6.45) is 6.80. The predicted molar refractivity (Wildman–Crippen MR) is 79.3 cm³/mol. The zero-order valence-electron chi connectivity index (χ0n) is 12.6. The second-order valence-electron chi connectivity index (χ2n) is 7.04. The first-order valence-electron chi connectivity index (χ1n) is 8.00. The van der Waals surface area contributed by atoms with Crippen molar-refractivity contribution in [3.05, 3.63) is 0 Å². The van der Waals surface area contributed by atoms with E-state index in [1.807, 2.05) is 0 Å². The topological polar surface area (TPSA) is 35.7 Å². The van der Waals surface area contributed by atoms with Gasteiger partial charge in [0.1, 0.15) is 0 Å². The van der Waals surface area contributed by atoms with Crippen LogP contribution in [-0.2, 0) is 0 Å². The van der Waals surface area contributed by atoms with Crippen molar-refractivity contribution in [2.75, 3.05) is 46.8 Å². The Bertz CT molecular complexity index is 317. The largest absolute Gasteiger partial charge is 0.329 e. The molecule has 2 unspecified atom stereocenters. The van der Waals surface area contributed by atoms with E-state index in [0.717, 1.165) is 18.6 Å². The fourth-order valence-corrected chi connectivity index (χ4v) is 3.99. The van der Waals surface area contributed by atoms with Gasteiger partial charge in [-0.2, -0.15) is 0 Å². The molecule has 0 radical (unpaired) electrons. The van der Waals surface area contributed by atoms with Crippen LogP contribution in [0.15, 0.2) is 0 Å². The van der Waals surface area contributed by atoms with Gasteiger partial charge in [-0.05, 0) is 52.7 Å². The van der Waals surface area contributed by atoms with Gasteiger partial charge in [0.15, 0.2) is 0 Å². The van der Waals surface area contributed by atoms with Crippen LogP contribution in [0.3, 0.4) is 0 Å². The predicted octanol–water partition coefficient (Wildman–Crippen LogP) is 0.578. The molecule has 2 saturated heterocycles. The Hall–Kier alpha value is -0.160. The average Bonchev–Trinajstić information content (AvgIpc) is 3.04. The molecule has 0 aromatic heterocycles. The number of nitrogens with zero attached hydrogens (tertiary/aromatic N) is 3. The van der Waals surface area contributed by atoms with Gasteiger partial charge in [-0.3, -0.25) is 9.80 Å². The molecule has 4 nitrogen and oxygen atoms in total. The van der Waals surface area contributed by atoms with E-state index in [9.17, 15) is 0 Å². The van der Waals surface area contributed by atoms with Crippen LogP contribution in [-0.4, -0.2) is 79.1 Å². The lowest BCUT2D eigenvalue weighted by molar-refractivity contribution is 0.0987. The molecule has 3 aliphatic rings. The van der Waals surface area contributed by atoms with Gasteiger partial charge in [0.05, 0.1) is 0 Å². The van der Waals surface area contributed by atoms with Gasteiger partial charge in [-0.25, -0.2) is 0 Å². The molecular formula is C15H30N4. The molecular weight excluding hydrogens is 236 g/mol. The third kappa shape index (κ3) is 2.68. The van der Waals surface area contributed by atoms with E-state index in [2.05, 4.69) is 28.8 Å². The molecule has 1 aliphatic carbocycles. The normalized spacial score (nSPS) is 37.6. The molecule has 3 fully saturated rings. The van der Waals surface area contributed by atoms with E-state index >= 15 is 0 Å².